The van der Waals surface area contributed by atoms with Gasteiger partial charge in [0, 0.05) is 6.54 Å². The van der Waals surface area contributed by atoms with Crippen molar-refractivity contribution in [2.75, 3.05) is 0 Å². The second-order valence-electron chi connectivity index (χ2n) is 4.59. The van der Waals surface area contributed by atoms with Crippen molar-refractivity contribution in [3.63, 3.8) is 0 Å². The molecule has 1 N–H and O–H groups in total. The Bertz CT molecular complexity index is 868. The quantitative estimate of drug-likeness (QED) is 0.855. The Morgan fingerprint density at radius 1 is 0.826 bits per heavy atom. The summed E-state index contributed by atoms with van der Waals surface area (Å²) in [5.74, 6) is 0. The maximum absolute atomic E-state index is 14.1. The molecule has 0 spiro atoms. The number of halogens is 2. The van der Waals surface area contributed by atoms with Gasteiger partial charge in [0.25, 0.3) is 19.9 Å². The summed E-state index contributed by atoms with van der Waals surface area (Å²) in [6.45, 7) is -0.441. The summed E-state index contributed by atoms with van der Waals surface area (Å²) in [6.07, 6.45) is 0. The van der Waals surface area contributed by atoms with E-state index >= 15 is 0 Å². The number of hydrogen-bond acceptors (Lipinski definition) is 4. The van der Waals surface area contributed by atoms with E-state index in [0.717, 1.165) is 12.1 Å². The fourth-order valence-corrected chi connectivity index (χ4v) is 4.67. The van der Waals surface area contributed by atoms with Crippen molar-refractivity contribution in [3.8, 4) is 0 Å². The summed E-state index contributed by atoms with van der Waals surface area (Å²) in [6, 6.07) is 13.6. The third-order valence-electron chi connectivity index (χ3n) is 2.99. The van der Waals surface area contributed by atoms with E-state index in [0.29, 0.717) is 5.56 Å². The number of benzene rings is 2. The van der Waals surface area contributed by atoms with Gasteiger partial charge in [-0.1, -0.05) is 48.5 Å². The van der Waals surface area contributed by atoms with Gasteiger partial charge in [-0.05, 0) is 17.7 Å². The van der Waals surface area contributed by atoms with Crippen LogP contribution in [0.3, 0.4) is 0 Å². The van der Waals surface area contributed by atoms with Gasteiger partial charge in [0.1, 0.15) is 0 Å². The van der Waals surface area contributed by atoms with Crippen LogP contribution in [0.2, 0.25) is 0 Å². The van der Waals surface area contributed by atoms with E-state index in [4.69, 9.17) is 0 Å². The lowest BCUT2D eigenvalue weighted by Gasteiger charge is -2.18. The molecule has 2 rings (SSSR count). The minimum Gasteiger partial charge on any atom is -0.216 e. The van der Waals surface area contributed by atoms with Crippen LogP contribution in [0.5, 0.6) is 0 Å². The molecule has 0 radical (unpaired) electrons. The Labute approximate surface area is 132 Å². The van der Waals surface area contributed by atoms with Gasteiger partial charge in [0.15, 0.2) is 0 Å². The fourth-order valence-electron chi connectivity index (χ4n) is 1.74. The molecule has 0 bridgehead atoms. The van der Waals surface area contributed by atoms with E-state index < -0.39 is 35.9 Å². The van der Waals surface area contributed by atoms with E-state index in [2.05, 4.69) is 0 Å². The molecule has 0 saturated heterocycles. The first-order chi connectivity index (χ1) is 10.7. The lowest BCUT2D eigenvalue weighted by atomic mass is 10.2. The maximum Gasteiger partial charge on any atom is 0.463 e. The van der Waals surface area contributed by atoms with Crippen molar-refractivity contribution in [2.45, 2.75) is 16.0 Å². The summed E-state index contributed by atoms with van der Waals surface area (Å²) in [4.78, 5) is -0.768. The van der Waals surface area contributed by atoms with Gasteiger partial charge in [-0.15, -0.1) is 0 Å². The lowest BCUT2D eigenvalue weighted by Crippen LogP contribution is -2.45. The number of rotatable bonds is 6. The predicted octanol–water partition coefficient (Wildman–Crippen LogP) is 2.13. The molecule has 23 heavy (non-hydrogen) atoms. The fraction of sp³-hybridized carbons (Fsp3) is 0.143. The van der Waals surface area contributed by atoms with E-state index in [1.165, 1.54) is 30.3 Å². The standard InChI is InChI=1S/C14H13F2NO4S2/c15-14(16,22(18,19)13-9-5-2-6-10-13)23(20,21)17-11-12-7-3-1-4-8-12/h1-10,17H,11H2. The molecular weight excluding hydrogens is 348 g/mol. The smallest absolute Gasteiger partial charge is 0.216 e. The number of nitrogens with one attached hydrogen (secondary N) is 1. The molecule has 2 aromatic carbocycles. The van der Waals surface area contributed by atoms with E-state index in [9.17, 15) is 25.6 Å². The molecule has 0 heterocycles. The molecule has 9 heteroatoms. The van der Waals surface area contributed by atoms with E-state index in [-0.39, 0.29) is 0 Å². The van der Waals surface area contributed by atoms with Gasteiger partial charge in [0.2, 0.25) is 0 Å². The van der Waals surface area contributed by atoms with Gasteiger partial charge < -0.3 is 0 Å². The summed E-state index contributed by atoms with van der Waals surface area (Å²) in [5, 5.41) is 0. The summed E-state index contributed by atoms with van der Waals surface area (Å²) in [7, 11) is -10.8. The summed E-state index contributed by atoms with van der Waals surface area (Å²) < 4.78 is 72.4. The molecule has 0 aliphatic rings. The molecule has 0 aliphatic heterocycles. The second kappa shape index (κ2) is 6.34. The van der Waals surface area contributed by atoms with Gasteiger partial charge in [-0.3, -0.25) is 0 Å². The molecule has 5 nitrogen and oxygen atoms in total. The highest BCUT2D eigenvalue weighted by Crippen LogP contribution is 2.33. The maximum atomic E-state index is 14.1. The molecule has 0 saturated carbocycles. The predicted molar refractivity (Wildman–Crippen MR) is 80.8 cm³/mol. The highest BCUT2D eigenvalue weighted by atomic mass is 32.3. The molecular formula is C14H13F2NO4S2. The van der Waals surface area contributed by atoms with Crippen molar-refractivity contribution in [3.05, 3.63) is 66.2 Å². The normalized spacial score (nSPS) is 13.0. The van der Waals surface area contributed by atoms with Crippen LogP contribution in [0.1, 0.15) is 5.56 Å². The zero-order valence-corrected chi connectivity index (χ0v) is 13.3. The summed E-state index contributed by atoms with van der Waals surface area (Å²) >= 11 is 0. The molecule has 0 aromatic heterocycles. The largest absolute Gasteiger partial charge is 0.463 e. The first kappa shape index (κ1) is 17.5. The van der Waals surface area contributed by atoms with E-state index in [1.807, 2.05) is 0 Å². The van der Waals surface area contributed by atoms with Crippen LogP contribution >= 0.6 is 0 Å². The van der Waals surface area contributed by atoms with Crippen molar-refractivity contribution in [2.24, 2.45) is 0 Å². The van der Waals surface area contributed by atoms with Gasteiger partial charge in [-0.2, -0.15) is 8.78 Å². The molecule has 0 amide bonds. The van der Waals surface area contributed by atoms with Gasteiger partial charge in [0.05, 0.1) is 4.90 Å². The minimum atomic E-state index is -5.44. The van der Waals surface area contributed by atoms with Crippen molar-refractivity contribution < 1.29 is 25.6 Å². The third kappa shape index (κ3) is 3.41. The second-order valence-corrected chi connectivity index (χ2v) is 8.65. The third-order valence-corrected chi connectivity index (χ3v) is 6.97. The minimum absolute atomic E-state index is 0.420. The SMILES string of the molecule is O=S(=O)(NCc1ccccc1)C(F)(F)S(=O)(=O)c1ccccc1. The summed E-state index contributed by atoms with van der Waals surface area (Å²) in [5.41, 5.74) is 0.420. The topological polar surface area (TPSA) is 80.3 Å². The van der Waals surface area contributed by atoms with Crippen molar-refractivity contribution >= 4 is 19.9 Å². The monoisotopic (exact) mass is 361 g/mol. The van der Waals surface area contributed by atoms with Crippen LogP contribution in [-0.4, -0.2) is 21.4 Å². The van der Waals surface area contributed by atoms with Crippen LogP contribution in [0.15, 0.2) is 65.6 Å². The van der Waals surface area contributed by atoms with Gasteiger partial charge >= 0.3 is 4.59 Å². The molecule has 0 fully saturated rings. The van der Waals surface area contributed by atoms with Crippen LogP contribution in [0, 0.1) is 0 Å². The Hall–Kier alpha value is -1.84. The van der Waals surface area contributed by atoms with Gasteiger partial charge in [-0.25, -0.2) is 21.6 Å². The number of sulfonamides is 1. The number of sulfone groups is 1. The molecule has 124 valence electrons. The Kier molecular flexibility index (Phi) is 4.83. The molecule has 0 unspecified atom stereocenters. The van der Waals surface area contributed by atoms with Crippen molar-refractivity contribution in [1.82, 2.24) is 4.72 Å². The first-order valence-electron chi connectivity index (χ1n) is 6.39. The Morgan fingerprint density at radius 3 is 1.83 bits per heavy atom. The zero-order chi connectivity index (χ0) is 17.1. The Balaban J connectivity index is 2.30. The molecule has 0 aliphatic carbocycles. The highest BCUT2D eigenvalue weighted by molar-refractivity contribution is 8.08. The number of hydrogen-bond donors (Lipinski definition) is 1. The number of alkyl halides is 2. The first-order valence-corrected chi connectivity index (χ1v) is 9.36. The Morgan fingerprint density at radius 2 is 1.30 bits per heavy atom. The lowest BCUT2D eigenvalue weighted by molar-refractivity contribution is 0.178. The van der Waals surface area contributed by atoms with Crippen LogP contribution in [0.25, 0.3) is 0 Å². The van der Waals surface area contributed by atoms with Crippen LogP contribution < -0.4 is 4.72 Å². The van der Waals surface area contributed by atoms with Crippen molar-refractivity contribution in [1.29, 1.82) is 0 Å². The van der Waals surface area contributed by atoms with Crippen LogP contribution in [-0.2, 0) is 26.4 Å². The van der Waals surface area contributed by atoms with E-state index in [1.54, 1.807) is 22.9 Å². The molecule has 2 aromatic rings. The zero-order valence-electron chi connectivity index (χ0n) is 11.7. The van der Waals surface area contributed by atoms with Crippen LogP contribution in [0.4, 0.5) is 8.78 Å². The average molecular weight is 361 g/mol. The highest BCUT2D eigenvalue weighted by Gasteiger charge is 2.58. The average Bonchev–Trinajstić information content (AvgIpc) is 2.54. The molecule has 0 atom stereocenters.